The van der Waals surface area contributed by atoms with Crippen LogP contribution in [0.3, 0.4) is 0 Å². The standard InChI is InChI=1S/C19H22FNO2S/c1-2-19(16-8-7-14-5-3-4-6-15(14)13-16)21-24(22,23)18-11-9-17(20)10-12-18/h7-13,19,21H,2-6H2,1H3. The van der Waals surface area contributed by atoms with Crippen LogP contribution < -0.4 is 4.72 Å². The molecule has 0 fully saturated rings. The first-order valence-corrected chi connectivity index (χ1v) is 9.87. The van der Waals surface area contributed by atoms with Crippen molar-refractivity contribution in [3.63, 3.8) is 0 Å². The second-order valence-electron chi connectivity index (χ2n) is 6.27. The van der Waals surface area contributed by atoms with Crippen molar-refractivity contribution in [3.8, 4) is 0 Å². The first-order valence-electron chi connectivity index (χ1n) is 8.39. The van der Waals surface area contributed by atoms with Gasteiger partial charge in [0.1, 0.15) is 5.82 Å². The van der Waals surface area contributed by atoms with Gasteiger partial charge >= 0.3 is 0 Å². The fourth-order valence-electron chi connectivity index (χ4n) is 3.23. The number of hydrogen-bond acceptors (Lipinski definition) is 2. The number of hydrogen-bond donors (Lipinski definition) is 1. The first kappa shape index (κ1) is 17.1. The van der Waals surface area contributed by atoms with E-state index in [0.29, 0.717) is 6.42 Å². The van der Waals surface area contributed by atoms with Gasteiger partial charge in [0.25, 0.3) is 0 Å². The Kier molecular flexibility index (Phi) is 5.01. The molecule has 3 rings (SSSR count). The average molecular weight is 347 g/mol. The van der Waals surface area contributed by atoms with Crippen molar-refractivity contribution >= 4 is 10.0 Å². The molecule has 0 spiro atoms. The summed E-state index contributed by atoms with van der Waals surface area (Å²) < 4.78 is 40.8. The second kappa shape index (κ2) is 7.03. The molecule has 3 nitrogen and oxygen atoms in total. The van der Waals surface area contributed by atoms with Crippen LogP contribution in [0, 0.1) is 5.82 Å². The monoisotopic (exact) mass is 347 g/mol. The van der Waals surface area contributed by atoms with E-state index in [1.165, 1.54) is 36.1 Å². The largest absolute Gasteiger partial charge is 0.241 e. The van der Waals surface area contributed by atoms with E-state index in [0.717, 1.165) is 30.5 Å². The number of sulfonamides is 1. The topological polar surface area (TPSA) is 46.2 Å². The molecule has 5 heteroatoms. The van der Waals surface area contributed by atoms with Gasteiger partial charge in [0.2, 0.25) is 10.0 Å². The van der Waals surface area contributed by atoms with Crippen LogP contribution in [-0.2, 0) is 22.9 Å². The van der Waals surface area contributed by atoms with Crippen molar-refractivity contribution < 1.29 is 12.8 Å². The van der Waals surface area contributed by atoms with Crippen LogP contribution in [0.15, 0.2) is 47.4 Å². The minimum atomic E-state index is -3.67. The molecule has 0 aliphatic heterocycles. The van der Waals surface area contributed by atoms with Crippen LogP contribution in [0.4, 0.5) is 4.39 Å². The maximum atomic E-state index is 13.0. The summed E-state index contributed by atoms with van der Waals surface area (Å²) in [5.74, 6) is -0.448. The second-order valence-corrected chi connectivity index (χ2v) is 7.99. The van der Waals surface area contributed by atoms with E-state index in [4.69, 9.17) is 0 Å². The smallest absolute Gasteiger partial charge is 0.207 e. The molecule has 2 aromatic carbocycles. The van der Waals surface area contributed by atoms with Crippen molar-refractivity contribution in [1.82, 2.24) is 4.72 Å². The molecule has 0 aromatic heterocycles. The minimum Gasteiger partial charge on any atom is -0.207 e. The highest BCUT2D eigenvalue weighted by Gasteiger charge is 2.21. The lowest BCUT2D eigenvalue weighted by Crippen LogP contribution is -2.28. The molecular formula is C19H22FNO2S. The van der Waals surface area contributed by atoms with E-state index < -0.39 is 15.8 Å². The summed E-state index contributed by atoms with van der Waals surface area (Å²) >= 11 is 0. The Morgan fingerprint density at radius 3 is 2.38 bits per heavy atom. The number of nitrogens with one attached hydrogen (secondary N) is 1. The van der Waals surface area contributed by atoms with Crippen molar-refractivity contribution in [2.24, 2.45) is 0 Å². The molecule has 0 saturated carbocycles. The molecule has 1 unspecified atom stereocenters. The number of aryl methyl sites for hydroxylation is 2. The third-order valence-corrected chi connectivity index (χ3v) is 6.09. The molecule has 0 radical (unpaired) electrons. The van der Waals surface area contributed by atoms with Crippen LogP contribution >= 0.6 is 0 Å². The molecule has 128 valence electrons. The molecule has 0 amide bonds. The molecule has 2 aromatic rings. The third kappa shape index (κ3) is 3.68. The Morgan fingerprint density at radius 1 is 1.04 bits per heavy atom. The fraction of sp³-hybridized carbons (Fsp3) is 0.368. The Hall–Kier alpha value is -1.72. The summed E-state index contributed by atoms with van der Waals surface area (Å²) in [7, 11) is -3.67. The van der Waals surface area contributed by atoms with Gasteiger partial charge in [-0.2, -0.15) is 0 Å². The lowest BCUT2D eigenvalue weighted by Gasteiger charge is -2.21. The van der Waals surface area contributed by atoms with Crippen LogP contribution in [0.2, 0.25) is 0 Å². The zero-order valence-electron chi connectivity index (χ0n) is 13.8. The highest BCUT2D eigenvalue weighted by Crippen LogP contribution is 2.27. The summed E-state index contributed by atoms with van der Waals surface area (Å²) in [6.45, 7) is 1.96. The number of benzene rings is 2. The Labute approximate surface area is 143 Å². The first-order chi connectivity index (χ1) is 11.5. The zero-order chi connectivity index (χ0) is 17.2. The summed E-state index contributed by atoms with van der Waals surface area (Å²) in [6, 6.07) is 10.9. The van der Waals surface area contributed by atoms with Crippen LogP contribution in [0.25, 0.3) is 0 Å². The van der Waals surface area contributed by atoms with Gasteiger partial charge < -0.3 is 0 Å². The highest BCUT2D eigenvalue weighted by molar-refractivity contribution is 7.89. The molecule has 0 saturated heterocycles. The van der Waals surface area contributed by atoms with E-state index in [-0.39, 0.29) is 10.9 Å². The van der Waals surface area contributed by atoms with E-state index in [2.05, 4.69) is 16.9 Å². The Balaban J connectivity index is 1.85. The Bertz CT molecular complexity index is 816. The molecule has 1 N–H and O–H groups in total. The van der Waals surface area contributed by atoms with Crippen LogP contribution in [0.1, 0.15) is 48.9 Å². The molecule has 1 aliphatic rings. The number of halogens is 1. The summed E-state index contributed by atoms with van der Waals surface area (Å²) in [6.07, 6.45) is 5.23. The van der Waals surface area contributed by atoms with Crippen molar-refractivity contribution in [2.75, 3.05) is 0 Å². The highest BCUT2D eigenvalue weighted by atomic mass is 32.2. The van der Waals surface area contributed by atoms with Gasteiger partial charge in [-0.15, -0.1) is 0 Å². The van der Waals surface area contributed by atoms with Gasteiger partial charge in [0.15, 0.2) is 0 Å². The fourth-order valence-corrected chi connectivity index (χ4v) is 4.53. The molecule has 1 aliphatic carbocycles. The number of fused-ring (bicyclic) bond motifs is 1. The van der Waals surface area contributed by atoms with Gasteiger partial charge in [-0.1, -0.05) is 25.1 Å². The molecular weight excluding hydrogens is 325 g/mol. The molecule has 0 heterocycles. The van der Waals surface area contributed by atoms with Crippen molar-refractivity contribution in [2.45, 2.75) is 50.0 Å². The predicted octanol–water partition coefficient (Wildman–Crippen LogP) is 4.13. The molecule has 0 bridgehead atoms. The molecule has 24 heavy (non-hydrogen) atoms. The predicted molar refractivity (Wildman–Crippen MR) is 92.8 cm³/mol. The van der Waals surface area contributed by atoms with Gasteiger partial charge in [-0.3, -0.25) is 0 Å². The van der Waals surface area contributed by atoms with Crippen LogP contribution in [0.5, 0.6) is 0 Å². The molecule has 1 atom stereocenters. The van der Waals surface area contributed by atoms with Gasteiger partial charge in [0.05, 0.1) is 4.90 Å². The van der Waals surface area contributed by atoms with E-state index in [9.17, 15) is 12.8 Å². The summed E-state index contributed by atoms with van der Waals surface area (Å²) in [5, 5.41) is 0. The maximum absolute atomic E-state index is 13.0. The van der Waals surface area contributed by atoms with Gasteiger partial charge in [-0.25, -0.2) is 17.5 Å². The van der Waals surface area contributed by atoms with E-state index in [1.54, 1.807) is 0 Å². The lowest BCUT2D eigenvalue weighted by molar-refractivity contribution is 0.549. The minimum absolute atomic E-state index is 0.0836. The summed E-state index contributed by atoms with van der Waals surface area (Å²) in [5.41, 5.74) is 3.70. The van der Waals surface area contributed by atoms with E-state index >= 15 is 0 Å². The third-order valence-electron chi connectivity index (χ3n) is 4.60. The summed E-state index contributed by atoms with van der Waals surface area (Å²) in [4.78, 5) is 0.0836. The normalized spacial score (nSPS) is 15.8. The Morgan fingerprint density at radius 2 is 1.71 bits per heavy atom. The van der Waals surface area contributed by atoms with Gasteiger partial charge in [-0.05, 0) is 73.1 Å². The SMILES string of the molecule is CCC(NS(=O)(=O)c1ccc(F)cc1)c1ccc2c(c1)CCCC2. The van der Waals surface area contributed by atoms with Gasteiger partial charge in [0, 0.05) is 6.04 Å². The lowest BCUT2D eigenvalue weighted by atomic mass is 9.89. The van der Waals surface area contributed by atoms with Crippen molar-refractivity contribution in [1.29, 1.82) is 0 Å². The van der Waals surface area contributed by atoms with Crippen molar-refractivity contribution in [3.05, 3.63) is 65.0 Å². The maximum Gasteiger partial charge on any atom is 0.241 e. The van der Waals surface area contributed by atoms with E-state index in [1.807, 2.05) is 13.0 Å². The van der Waals surface area contributed by atoms with Crippen LogP contribution in [-0.4, -0.2) is 8.42 Å². The quantitative estimate of drug-likeness (QED) is 0.884. The average Bonchev–Trinajstić information content (AvgIpc) is 2.59. The zero-order valence-corrected chi connectivity index (χ0v) is 14.6. The number of rotatable bonds is 5.